The summed E-state index contributed by atoms with van der Waals surface area (Å²) in [6, 6.07) is 1.96. The Hall–Kier alpha value is -1.07. The summed E-state index contributed by atoms with van der Waals surface area (Å²) in [6.45, 7) is 5.91. The first-order valence-electron chi connectivity index (χ1n) is 5.60. The quantitative estimate of drug-likeness (QED) is 0.641. The number of nitrogens with zero attached hydrogens (tertiary/aromatic N) is 4. The van der Waals surface area contributed by atoms with Crippen LogP contribution < -0.4 is 0 Å². The Balaban J connectivity index is 2.16. The first-order chi connectivity index (χ1) is 8.47. The molecule has 4 nitrogen and oxygen atoms in total. The minimum Gasteiger partial charge on any atom is -0.257 e. The molecule has 0 aliphatic carbocycles. The van der Waals surface area contributed by atoms with Gasteiger partial charge in [-0.1, -0.05) is 23.4 Å². The van der Waals surface area contributed by atoms with Gasteiger partial charge in [0.25, 0.3) is 0 Å². The number of hydrogen-bond acceptors (Lipinski definition) is 4. The highest BCUT2D eigenvalue weighted by atomic mass is 35.5. The van der Waals surface area contributed by atoms with Gasteiger partial charge < -0.3 is 0 Å². The van der Waals surface area contributed by atoms with Crippen LogP contribution >= 0.6 is 23.4 Å². The Morgan fingerprint density at radius 3 is 2.33 bits per heavy atom. The van der Waals surface area contributed by atoms with Gasteiger partial charge in [0.15, 0.2) is 5.16 Å². The Kier molecular flexibility index (Phi) is 3.92. The van der Waals surface area contributed by atoms with E-state index in [1.54, 1.807) is 16.4 Å². The first-order valence-corrected chi connectivity index (χ1v) is 6.97. The van der Waals surface area contributed by atoms with Gasteiger partial charge in [-0.15, -0.1) is 0 Å². The molecular formula is C12H15ClN4S. The SMILES string of the molecule is Cc1cc(C)nc(SCc2c(C)nn(C)c2Cl)n1. The van der Waals surface area contributed by atoms with Crippen LogP contribution in [0.15, 0.2) is 11.2 Å². The molecule has 2 heterocycles. The van der Waals surface area contributed by atoms with Crippen LogP contribution in [0.2, 0.25) is 5.15 Å². The van der Waals surface area contributed by atoms with Crippen molar-refractivity contribution in [2.45, 2.75) is 31.7 Å². The van der Waals surface area contributed by atoms with E-state index in [9.17, 15) is 0 Å². The van der Waals surface area contributed by atoms with Gasteiger partial charge in [0.1, 0.15) is 5.15 Å². The average molecular weight is 283 g/mol. The van der Waals surface area contributed by atoms with E-state index in [1.807, 2.05) is 33.9 Å². The van der Waals surface area contributed by atoms with Crippen molar-refractivity contribution in [3.63, 3.8) is 0 Å². The molecular weight excluding hydrogens is 268 g/mol. The normalized spacial score (nSPS) is 10.9. The van der Waals surface area contributed by atoms with Crippen LogP contribution in [0.1, 0.15) is 22.6 Å². The van der Waals surface area contributed by atoms with Crippen LogP contribution in [0.5, 0.6) is 0 Å². The molecule has 0 unspecified atom stereocenters. The van der Waals surface area contributed by atoms with Crippen LogP contribution in [0.25, 0.3) is 0 Å². The van der Waals surface area contributed by atoms with E-state index in [2.05, 4.69) is 15.1 Å². The van der Waals surface area contributed by atoms with E-state index in [1.165, 1.54) is 0 Å². The van der Waals surface area contributed by atoms with Crippen molar-refractivity contribution in [3.8, 4) is 0 Å². The summed E-state index contributed by atoms with van der Waals surface area (Å²) in [7, 11) is 1.84. The summed E-state index contributed by atoms with van der Waals surface area (Å²) in [6.07, 6.45) is 0. The number of aromatic nitrogens is 4. The van der Waals surface area contributed by atoms with E-state index in [0.717, 1.165) is 33.6 Å². The van der Waals surface area contributed by atoms with Gasteiger partial charge >= 0.3 is 0 Å². The maximum Gasteiger partial charge on any atom is 0.188 e. The molecule has 18 heavy (non-hydrogen) atoms. The fourth-order valence-corrected chi connectivity index (χ4v) is 3.09. The molecule has 96 valence electrons. The van der Waals surface area contributed by atoms with Crippen LogP contribution in [0.4, 0.5) is 0 Å². The molecule has 0 bridgehead atoms. The Labute approximate surface area is 116 Å². The third kappa shape index (κ3) is 2.84. The molecule has 0 fully saturated rings. The summed E-state index contributed by atoms with van der Waals surface area (Å²) >= 11 is 7.77. The first kappa shape index (κ1) is 13.4. The molecule has 6 heteroatoms. The number of thioether (sulfide) groups is 1. The summed E-state index contributed by atoms with van der Waals surface area (Å²) in [5.41, 5.74) is 3.98. The molecule has 0 N–H and O–H groups in total. The highest BCUT2D eigenvalue weighted by molar-refractivity contribution is 7.98. The van der Waals surface area contributed by atoms with Crippen LogP contribution in [-0.2, 0) is 12.8 Å². The summed E-state index contributed by atoms with van der Waals surface area (Å²) in [4.78, 5) is 8.79. The van der Waals surface area contributed by atoms with Gasteiger partial charge in [0.05, 0.1) is 5.69 Å². The molecule has 0 aromatic carbocycles. The Bertz CT molecular complexity index is 559. The lowest BCUT2D eigenvalue weighted by Gasteiger charge is -2.03. The lowest BCUT2D eigenvalue weighted by molar-refractivity contribution is 0.757. The lowest BCUT2D eigenvalue weighted by atomic mass is 10.3. The zero-order valence-corrected chi connectivity index (χ0v) is 12.4. The zero-order chi connectivity index (χ0) is 13.3. The van der Waals surface area contributed by atoms with Gasteiger partial charge in [0.2, 0.25) is 0 Å². The van der Waals surface area contributed by atoms with Gasteiger partial charge in [-0.05, 0) is 26.8 Å². The number of halogens is 1. The summed E-state index contributed by atoms with van der Waals surface area (Å²) < 4.78 is 1.69. The average Bonchev–Trinajstić information content (AvgIpc) is 2.50. The van der Waals surface area contributed by atoms with Crippen molar-refractivity contribution in [2.24, 2.45) is 7.05 Å². The third-order valence-electron chi connectivity index (χ3n) is 2.58. The van der Waals surface area contributed by atoms with Gasteiger partial charge in [-0.3, -0.25) is 4.68 Å². The van der Waals surface area contributed by atoms with Gasteiger partial charge in [0, 0.05) is 29.8 Å². The van der Waals surface area contributed by atoms with E-state index in [-0.39, 0.29) is 0 Å². The molecule has 2 aromatic rings. The minimum atomic E-state index is 0.685. The molecule has 0 atom stereocenters. The molecule has 2 aromatic heterocycles. The predicted molar refractivity (Wildman–Crippen MR) is 74.0 cm³/mol. The second-order valence-corrected chi connectivity index (χ2v) is 5.50. The van der Waals surface area contributed by atoms with Crippen molar-refractivity contribution in [1.82, 2.24) is 19.7 Å². The number of rotatable bonds is 3. The summed E-state index contributed by atoms with van der Waals surface area (Å²) in [5.74, 6) is 0.738. The maximum atomic E-state index is 6.19. The lowest BCUT2D eigenvalue weighted by Crippen LogP contribution is -1.93. The maximum absolute atomic E-state index is 6.19. The summed E-state index contributed by atoms with van der Waals surface area (Å²) in [5, 5.41) is 5.76. The smallest absolute Gasteiger partial charge is 0.188 e. The monoisotopic (exact) mass is 282 g/mol. The largest absolute Gasteiger partial charge is 0.257 e. The zero-order valence-electron chi connectivity index (χ0n) is 10.9. The molecule has 0 aliphatic heterocycles. The number of aryl methyl sites for hydroxylation is 4. The fraction of sp³-hybridized carbons (Fsp3) is 0.417. The molecule has 0 saturated carbocycles. The van der Waals surface area contributed by atoms with Crippen molar-refractivity contribution < 1.29 is 0 Å². The number of hydrogen-bond donors (Lipinski definition) is 0. The third-order valence-corrected chi connectivity index (χ3v) is 3.92. The van der Waals surface area contributed by atoms with E-state index in [4.69, 9.17) is 11.6 Å². The highest BCUT2D eigenvalue weighted by Gasteiger charge is 2.12. The van der Waals surface area contributed by atoms with Gasteiger partial charge in [-0.25, -0.2) is 9.97 Å². The minimum absolute atomic E-state index is 0.685. The predicted octanol–water partition coefficient (Wildman–Crippen LogP) is 3.08. The topological polar surface area (TPSA) is 43.6 Å². The fourth-order valence-electron chi connectivity index (χ4n) is 1.73. The Morgan fingerprint density at radius 2 is 1.83 bits per heavy atom. The molecule has 2 rings (SSSR count). The Morgan fingerprint density at radius 1 is 1.22 bits per heavy atom. The van der Waals surface area contributed by atoms with E-state index >= 15 is 0 Å². The standard InChI is InChI=1S/C12H15ClN4S/c1-7-5-8(2)15-12(14-7)18-6-10-9(3)16-17(4)11(10)13/h5H,6H2,1-4H3. The second-order valence-electron chi connectivity index (χ2n) is 4.20. The molecule has 0 saturated heterocycles. The van der Waals surface area contributed by atoms with Crippen molar-refractivity contribution in [1.29, 1.82) is 0 Å². The van der Waals surface area contributed by atoms with Crippen LogP contribution in [0.3, 0.4) is 0 Å². The van der Waals surface area contributed by atoms with Crippen molar-refractivity contribution in [3.05, 3.63) is 33.9 Å². The highest BCUT2D eigenvalue weighted by Crippen LogP contribution is 2.26. The van der Waals surface area contributed by atoms with Crippen molar-refractivity contribution >= 4 is 23.4 Å². The molecule has 0 spiro atoms. The van der Waals surface area contributed by atoms with Crippen LogP contribution in [0, 0.1) is 20.8 Å². The van der Waals surface area contributed by atoms with E-state index in [0.29, 0.717) is 5.15 Å². The molecule has 0 aliphatic rings. The molecule has 0 amide bonds. The van der Waals surface area contributed by atoms with E-state index < -0.39 is 0 Å². The van der Waals surface area contributed by atoms with Crippen molar-refractivity contribution in [2.75, 3.05) is 0 Å². The molecule has 0 radical (unpaired) electrons. The second kappa shape index (κ2) is 5.28. The van der Waals surface area contributed by atoms with Gasteiger partial charge in [-0.2, -0.15) is 5.10 Å². The van der Waals surface area contributed by atoms with Crippen LogP contribution in [-0.4, -0.2) is 19.7 Å².